The van der Waals surface area contributed by atoms with Crippen molar-refractivity contribution in [2.24, 2.45) is 0 Å². The van der Waals surface area contributed by atoms with Gasteiger partial charge in [-0.1, -0.05) is 11.8 Å². The van der Waals surface area contributed by atoms with Gasteiger partial charge < -0.3 is 14.6 Å². The monoisotopic (exact) mass is 250 g/mol. The molecule has 0 aromatic heterocycles. The van der Waals surface area contributed by atoms with E-state index in [1.54, 1.807) is 6.07 Å². The summed E-state index contributed by atoms with van der Waals surface area (Å²) >= 11 is 0. The van der Waals surface area contributed by atoms with E-state index in [-0.39, 0.29) is 18.5 Å². The SMILES string of the molecule is OCC#Cc1cc(F)ccc1OCC1CCCO1. The van der Waals surface area contributed by atoms with Crippen LogP contribution in [0.15, 0.2) is 18.2 Å². The summed E-state index contributed by atoms with van der Waals surface area (Å²) in [6.45, 7) is 0.954. The van der Waals surface area contributed by atoms with Crippen molar-refractivity contribution >= 4 is 0 Å². The van der Waals surface area contributed by atoms with E-state index in [2.05, 4.69) is 11.8 Å². The largest absolute Gasteiger partial charge is 0.490 e. The zero-order valence-electron chi connectivity index (χ0n) is 9.99. The second-order valence-corrected chi connectivity index (χ2v) is 4.05. The number of hydrogen-bond acceptors (Lipinski definition) is 3. The molecule has 1 N–H and O–H groups in total. The van der Waals surface area contributed by atoms with Gasteiger partial charge in [-0.25, -0.2) is 4.39 Å². The number of aliphatic hydroxyl groups is 1. The van der Waals surface area contributed by atoms with Crippen molar-refractivity contribution in [3.8, 4) is 17.6 Å². The molecule has 0 aliphatic carbocycles. The minimum atomic E-state index is -0.373. The lowest BCUT2D eigenvalue weighted by Gasteiger charge is -2.12. The van der Waals surface area contributed by atoms with E-state index >= 15 is 0 Å². The number of rotatable bonds is 3. The summed E-state index contributed by atoms with van der Waals surface area (Å²) in [4.78, 5) is 0. The number of benzene rings is 1. The summed E-state index contributed by atoms with van der Waals surface area (Å²) in [6.07, 6.45) is 2.14. The molecule has 0 amide bonds. The molecule has 0 spiro atoms. The van der Waals surface area contributed by atoms with Crippen molar-refractivity contribution in [2.45, 2.75) is 18.9 Å². The van der Waals surface area contributed by atoms with E-state index in [1.165, 1.54) is 12.1 Å². The Morgan fingerprint density at radius 3 is 3.11 bits per heavy atom. The lowest BCUT2D eigenvalue weighted by Crippen LogP contribution is -2.16. The van der Waals surface area contributed by atoms with Gasteiger partial charge in [0, 0.05) is 6.61 Å². The normalized spacial score (nSPS) is 18.2. The summed E-state index contributed by atoms with van der Waals surface area (Å²) in [5.74, 6) is 5.31. The highest BCUT2D eigenvalue weighted by molar-refractivity contribution is 5.46. The standard InChI is InChI=1S/C14H15FO3/c15-12-5-6-14(11(9-12)3-1-7-16)18-10-13-4-2-8-17-13/h5-6,9,13,16H,2,4,7-8,10H2. The fourth-order valence-electron chi connectivity index (χ4n) is 1.82. The predicted octanol–water partition coefficient (Wildman–Crippen LogP) is 1.73. The van der Waals surface area contributed by atoms with Crippen molar-refractivity contribution in [1.29, 1.82) is 0 Å². The molecule has 0 bridgehead atoms. The van der Waals surface area contributed by atoms with Crippen LogP contribution < -0.4 is 4.74 Å². The molecule has 96 valence electrons. The molecule has 1 aliphatic rings. The third-order valence-electron chi connectivity index (χ3n) is 2.69. The highest BCUT2D eigenvalue weighted by atomic mass is 19.1. The fourth-order valence-corrected chi connectivity index (χ4v) is 1.82. The summed E-state index contributed by atoms with van der Waals surface area (Å²) in [5, 5.41) is 8.66. The molecule has 1 unspecified atom stereocenters. The molecule has 18 heavy (non-hydrogen) atoms. The van der Waals surface area contributed by atoms with Gasteiger partial charge in [0.15, 0.2) is 0 Å². The fraction of sp³-hybridized carbons (Fsp3) is 0.429. The Kier molecular flexibility index (Phi) is 4.57. The molecule has 1 aromatic rings. The molecule has 0 saturated carbocycles. The first kappa shape index (κ1) is 12.9. The quantitative estimate of drug-likeness (QED) is 0.830. The van der Waals surface area contributed by atoms with Crippen LogP contribution in [0.4, 0.5) is 4.39 Å². The van der Waals surface area contributed by atoms with Crippen molar-refractivity contribution < 1.29 is 19.0 Å². The summed E-state index contributed by atoms with van der Waals surface area (Å²) in [7, 11) is 0. The van der Waals surface area contributed by atoms with Crippen LogP contribution in [0.5, 0.6) is 5.75 Å². The van der Waals surface area contributed by atoms with Crippen molar-refractivity contribution in [2.75, 3.05) is 19.8 Å². The van der Waals surface area contributed by atoms with Gasteiger partial charge in [-0.15, -0.1) is 0 Å². The van der Waals surface area contributed by atoms with Crippen LogP contribution >= 0.6 is 0 Å². The molecular weight excluding hydrogens is 235 g/mol. The first-order chi connectivity index (χ1) is 8.79. The summed E-state index contributed by atoms with van der Waals surface area (Å²) in [6, 6.07) is 4.17. The van der Waals surface area contributed by atoms with Gasteiger partial charge in [-0.3, -0.25) is 0 Å². The highest BCUT2D eigenvalue weighted by Crippen LogP contribution is 2.20. The first-order valence-corrected chi connectivity index (χ1v) is 5.93. The minimum Gasteiger partial charge on any atom is -0.490 e. The van der Waals surface area contributed by atoms with Gasteiger partial charge in [0.25, 0.3) is 0 Å². The van der Waals surface area contributed by atoms with Crippen LogP contribution in [-0.4, -0.2) is 31.0 Å². The maximum atomic E-state index is 13.1. The molecule has 1 aliphatic heterocycles. The van der Waals surface area contributed by atoms with Gasteiger partial charge in [0.05, 0.1) is 11.7 Å². The predicted molar refractivity (Wildman–Crippen MR) is 64.8 cm³/mol. The molecule has 2 rings (SSSR count). The Labute approximate surface area is 106 Å². The smallest absolute Gasteiger partial charge is 0.135 e. The molecule has 1 aromatic carbocycles. The zero-order chi connectivity index (χ0) is 12.8. The summed E-state index contributed by atoms with van der Waals surface area (Å²) in [5.41, 5.74) is 0.446. The third-order valence-corrected chi connectivity index (χ3v) is 2.69. The average Bonchev–Trinajstić information content (AvgIpc) is 2.88. The second-order valence-electron chi connectivity index (χ2n) is 4.05. The van der Waals surface area contributed by atoms with Crippen LogP contribution in [-0.2, 0) is 4.74 Å². The van der Waals surface area contributed by atoms with Gasteiger partial charge >= 0.3 is 0 Å². The van der Waals surface area contributed by atoms with Gasteiger partial charge in [0.1, 0.15) is 24.8 Å². The van der Waals surface area contributed by atoms with E-state index in [4.69, 9.17) is 14.6 Å². The minimum absolute atomic E-state index is 0.105. The number of halogens is 1. The van der Waals surface area contributed by atoms with Crippen LogP contribution in [0.1, 0.15) is 18.4 Å². The number of ether oxygens (including phenoxy) is 2. The molecule has 1 atom stereocenters. The number of aliphatic hydroxyl groups excluding tert-OH is 1. The molecule has 0 radical (unpaired) electrons. The van der Waals surface area contributed by atoms with Crippen LogP contribution in [0.3, 0.4) is 0 Å². The average molecular weight is 250 g/mol. The topological polar surface area (TPSA) is 38.7 Å². The van der Waals surface area contributed by atoms with E-state index < -0.39 is 0 Å². The van der Waals surface area contributed by atoms with E-state index in [0.717, 1.165) is 19.4 Å². The van der Waals surface area contributed by atoms with E-state index in [0.29, 0.717) is 17.9 Å². The van der Waals surface area contributed by atoms with Crippen LogP contribution in [0.2, 0.25) is 0 Å². The van der Waals surface area contributed by atoms with Gasteiger partial charge in [-0.05, 0) is 31.0 Å². The Morgan fingerprint density at radius 1 is 1.50 bits per heavy atom. The van der Waals surface area contributed by atoms with Crippen molar-refractivity contribution in [3.63, 3.8) is 0 Å². The van der Waals surface area contributed by atoms with Crippen LogP contribution in [0.25, 0.3) is 0 Å². The molecule has 4 heteroatoms. The Balaban J connectivity index is 2.05. The zero-order valence-corrected chi connectivity index (χ0v) is 9.99. The van der Waals surface area contributed by atoms with Crippen molar-refractivity contribution in [1.82, 2.24) is 0 Å². The lowest BCUT2D eigenvalue weighted by atomic mass is 10.2. The first-order valence-electron chi connectivity index (χ1n) is 5.93. The lowest BCUT2D eigenvalue weighted by molar-refractivity contribution is 0.0678. The second kappa shape index (κ2) is 6.39. The Morgan fingerprint density at radius 2 is 2.39 bits per heavy atom. The molecule has 1 fully saturated rings. The van der Waals surface area contributed by atoms with Gasteiger partial charge in [0.2, 0.25) is 0 Å². The highest BCUT2D eigenvalue weighted by Gasteiger charge is 2.16. The Bertz CT molecular complexity index is 456. The number of hydrogen-bond donors (Lipinski definition) is 1. The maximum absolute atomic E-state index is 13.1. The van der Waals surface area contributed by atoms with Gasteiger partial charge in [-0.2, -0.15) is 0 Å². The summed E-state index contributed by atoms with van der Waals surface area (Å²) < 4.78 is 24.1. The van der Waals surface area contributed by atoms with E-state index in [1.807, 2.05) is 0 Å². The molecule has 3 nitrogen and oxygen atoms in total. The molecular formula is C14H15FO3. The van der Waals surface area contributed by atoms with E-state index in [9.17, 15) is 4.39 Å². The third kappa shape index (κ3) is 3.46. The van der Waals surface area contributed by atoms with Crippen LogP contribution in [0, 0.1) is 17.7 Å². The maximum Gasteiger partial charge on any atom is 0.135 e. The molecule has 1 heterocycles. The van der Waals surface area contributed by atoms with Crippen molar-refractivity contribution in [3.05, 3.63) is 29.6 Å². The Hall–Kier alpha value is -1.57. The molecule has 1 saturated heterocycles.